The average molecular weight is 430 g/mol. The molecule has 5 rings (SSSR count). The molecular weight excluding hydrogens is 412 g/mol. The van der Waals surface area contributed by atoms with Crippen molar-refractivity contribution in [1.82, 2.24) is 20.1 Å². The summed E-state index contributed by atoms with van der Waals surface area (Å²) >= 11 is 1.31. The van der Waals surface area contributed by atoms with Gasteiger partial charge in [-0.05, 0) is 36.4 Å². The maximum atomic E-state index is 12.3. The van der Waals surface area contributed by atoms with Gasteiger partial charge in [0, 0.05) is 11.1 Å². The van der Waals surface area contributed by atoms with E-state index in [4.69, 9.17) is 8.83 Å². The Morgan fingerprint density at radius 3 is 2.65 bits per heavy atom. The van der Waals surface area contributed by atoms with Crippen LogP contribution in [-0.2, 0) is 11.3 Å². The highest BCUT2D eigenvalue weighted by Gasteiger charge is 2.20. The topological polar surface area (TPSA) is 86.1 Å². The zero-order valence-corrected chi connectivity index (χ0v) is 17.2. The molecular formula is C23H18N4O3S. The highest BCUT2D eigenvalue weighted by atomic mass is 32.2. The smallest absolute Gasteiger partial charge is 0.230 e. The summed E-state index contributed by atoms with van der Waals surface area (Å²) in [4.78, 5) is 12.3. The second-order valence-electron chi connectivity index (χ2n) is 6.77. The number of benzene rings is 2. The van der Waals surface area contributed by atoms with Crippen LogP contribution in [0.25, 0.3) is 28.2 Å². The standard InChI is InChI=1S/C23H18N4O3S/c28-21(24-14-18-10-6-12-29-18)15-31-23-26-25-22(27(23)17-8-2-1-3-9-17)20-13-16-7-4-5-11-19(16)30-20/h1-13H,14-15H2,(H,24,28). The van der Waals surface area contributed by atoms with Crippen molar-refractivity contribution in [1.29, 1.82) is 0 Å². The van der Waals surface area contributed by atoms with Crippen LogP contribution in [0.3, 0.4) is 0 Å². The van der Waals surface area contributed by atoms with Crippen LogP contribution in [0.15, 0.2) is 93.1 Å². The van der Waals surface area contributed by atoms with E-state index < -0.39 is 0 Å². The Kier molecular flexibility index (Phi) is 5.28. The molecule has 0 aliphatic carbocycles. The van der Waals surface area contributed by atoms with E-state index in [9.17, 15) is 4.79 Å². The van der Waals surface area contributed by atoms with Gasteiger partial charge in [0.05, 0.1) is 18.6 Å². The molecule has 31 heavy (non-hydrogen) atoms. The minimum atomic E-state index is -0.116. The van der Waals surface area contributed by atoms with Gasteiger partial charge in [0.25, 0.3) is 0 Å². The number of nitrogens with zero attached hydrogens (tertiary/aromatic N) is 3. The van der Waals surface area contributed by atoms with Crippen molar-refractivity contribution < 1.29 is 13.6 Å². The number of rotatable bonds is 7. The van der Waals surface area contributed by atoms with E-state index in [0.29, 0.717) is 29.0 Å². The van der Waals surface area contributed by atoms with Gasteiger partial charge in [-0.3, -0.25) is 9.36 Å². The lowest BCUT2D eigenvalue weighted by Gasteiger charge is -2.09. The first-order chi connectivity index (χ1) is 15.3. The third-order valence-corrected chi connectivity index (χ3v) is 5.59. The van der Waals surface area contributed by atoms with E-state index in [1.165, 1.54) is 11.8 Å². The summed E-state index contributed by atoms with van der Waals surface area (Å²) in [5.74, 6) is 1.99. The number of nitrogens with one attached hydrogen (secondary N) is 1. The summed E-state index contributed by atoms with van der Waals surface area (Å²) < 4.78 is 13.2. The number of amides is 1. The molecule has 0 unspecified atom stereocenters. The highest BCUT2D eigenvalue weighted by Crippen LogP contribution is 2.31. The molecule has 0 aliphatic heterocycles. The zero-order valence-electron chi connectivity index (χ0n) is 16.4. The van der Waals surface area contributed by atoms with Crippen LogP contribution in [0.2, 0.25) is 0 Å². The number of furan rings is 2. The molecule has 1 N–H and O–H groups in total. The van der Waals surface area contributed by atoms with Crippen LogP contribution >= 0.6 is 11.8 Å². The van der Waals surface area contributed by atoms with Gasteiger partial charge in [-0.25, -0.2) is 0 Å². The Labute approximate surface area is 182 Å². The van der Waals surface area contributed by atoms with Crippen LogP contribution in [0, 0.1) is 0 Å². The fourth-order valence-electron chi connectivity index (χ4n) is 3.20. The predicted octanol–water partition coefficient (Wildman–Crippen LogP) is 4.68. The second kappa shape index (κ2) is 8.53. The number of fused-ring (bicyclic) bond motifs is 1. The van der Waals surface area contributed by atoms with Crippen molar-refractivity contribution in [2.45, 2.75) is 11.7 Å². The first-order valence-corrected chi connectivity index (χ1v) is 10.7. The fourth-order valence-corrected chi connectivity index (χ4v) is 3.99. The Morgan fingerprint density at radius 1 is 1.00 bits per heavy atom. The van der Waals surface area contributed by atoms with Crippen molar-refractivity contribution in [2.75, 3.05) is 5.75 Å². The molecule has 0 spiro atoms. The monoisotopic (exact) mass is 430 g/mol. The van der Waals surface area contributed by atoms with Gasteiger partial charge in [0.1, 0.15) is 11.3 Å². The molecule has 0 aliphatic rings. The molecule has 0 bridgehead atoms. The SMILES string of the molecule is O=C(CSc1nnc(-c2cc3ccccc3o2)n1-c1ccccc1)NCc1ccco1. The molecule has 0 fully saturated rings. The largest absolute Gasteiger partial charge is 0.467 e. The lowest BCUT2D eigenvalue weighted by molar-refractivity contribution is -0.118. The van der Waals surface area contributed by atoms with E-state index in [1.54, 1.807) is 12.3 Å². The summed E-state index contributed by atoms with van der Waals surface area (Å²) in [6.45, 7) is 0.349. The van der Waals surface area contributed by atoms with Crippen molar-refractivity contribution in [3.63, 3.8) is 0 Å². The molecule has 3 aromatic heterocycles. The minimum Gasteiger partial charge on any atom is -0.467 e. The lowest BCUT2D eigenvalue weighted by Crippen LogP contribution is -2.24. The third-order valence-electron chi connectivity index (χ3n) is 4.67. The fraction of sp³-hybridized carbons (Fsp3) is 0.0870. The van der Waals surface area contributed by atoms with Gasteiger partial charge in [0.2, 0.25) is 11.7 Å². The summed E-state index contributed by atoms with van der Waals surface area (Å²) in [5.41, 5.74) is 1.67. The molecule has 0 saturated carbocycles. The first-order valence-electron chi connectivity index (χ1n) is 9.69. The average Bonchev–Trinajstić information content (AvgIpc) is 3.55. The summed E-state index contributed by atoms with van der Waals surface area (Å²) in [7, 11) is 0. The van der Waals surface area contributed by atoms with E-state index in [0.717, 1.165) is 16.7 Å². The van der Waals surface area contributed by atoms with E-state index >= 15 is 0 Å². The highest BCUT2D eigenvalue weighted by molar-refractivity contribution is 7.99. The molecule has 0 radical (unpaired) electrons. The molecule has 1 amide bonds. The van der Waals surface area contributed by atoms with Crippen LogP contribution < -0.4 is 5.32 Å². The van der Waals surface area contributed by atoms with Crippen molar-refractivity contribution in [2.24, 2.45) is 0 Å². The maximum absolute atomic E-state index is 12.3. The van der Waals surface area contributed by atoms with Gasteiger partial charge in [-0.2, -0.15) is 0 Å². The van der Waals surface area contributed by atoms with Gasteiger partial charge < -0.3 is 14.2 Å². The summed E-state index contributed by atoms with van der Waals surface area (Å²) in [6.07, 6.45) is 1.58. The normalized spacial score (nSPS) is 11.1. The quantitative estimate of drug-likeness (QED) is 0.377. The van der Waals surface area contributed by atoms with Crippen molar-refractivity contribution in [3.05, 3.63) is 84.8 Å². The van der Waals surface area contributed by atoms with Crippen LogP contribution in [0.5, 0.6) is 0 Å². The van der Waals surface area contributed by atoms with Gasteiger partial charge >= 0.3 is 0 Å². The van der Waals surface area contributed by atoms with Crippen molar-refractivity contribution >= 4 is 28.6 Å². The number of thioether (sulfide) groups is 1. The molecule has 7 nitrogen and oxygen atoms in total. The number of carbonyl (C=O) groups excluding carboxylic acids is 1. The Morgan fingerprint density at radius 2 is 1.84 bits per heavy atom. The first kappa shape index (κ1) is 19.2. The van der Waals surface area contributed by atoms with Gasteiger partial charge in [-0.1, -0.05) is 48.2 Å². The van der Waals surface area contributed by atoms with Crippen molar-refractivity contribution in [3.8, 4) is 17.3 Å². The van der Waals surface area contributed by atoms with Crippen LogP contribution in [0.4, 0.5) is 0 Å². The number of aromatic nitrogens is 3. The Hall–Kier alpha value is -3.78. The van der Waals surface area contributed by atoms with Gasteiger partial charge in [0.15, 0.2) is 10.9 Å². The number of hydrogen-bond donors (Lipinski definition) is 1. The molecule has 5 aromatic rings. The maximum Gasteiger partial charge on any atom is 0.230 e. The number of hydrogen-bond acceptors (Lipinski definition) is 6. The Bertz CT molecular complexity index is 1280. The molecule has 154 valence electrons. The number of carbonyl (C=O) groups is 1. The predicted molar refractivity (Wildman–Crippen MR) is 118 cm³/mol. The molecule has 0 saturated heterocycles. The summed E-state index contributed by atoms with van der Waals surface area (Å²) in [6, 6.07) is 23.1. The van der Waals surface area contributed by atoms with E-state index in [2.05, 4.69) is 15.5 Å². The molecule has 2 aromatic carbocycles. The third kappa shape index (κ3) is 4.10. The molecule has 8 heteroatoms. The van der Waals surface area contributed by atoms with Crippen LogP contribution in [0.1, 0.15) is 5.76 Å². The lowest BCUT2D eigenvalue weighted by atomic mass is 10.2. The second-order valence-corrected chi connectivity index (χ2v) is 7.71. The summed E-state index contributed by atoms with van der Waals surface area (Å²) in [5, 5.41) is 13.2. The van der Waals surface area contributed by atoms with Gasteiger partial charge in [-0.15, -0.1) is 10.2 Å². The minimum absolute atomic E-state index is 0.116. The van der Waals surface area contributed by atoms with E-state index in [-0.39, 0.29) is 11.7 Å². The van der Waals surface area contributed by atoms with E-state index in [1.807, 2.05) is 71.3 Å². The molecule has 0 atom stereocenters. The molecule has 3 heterocycles. The number of para-hydroxylation sites is 2. The Balaban J connectivity index is 1.41. The zero-order chi connectivity index (χ0) is 21.0. The van der Waals surface area contributed by atoms with Crippen LogP contribution in [-0.4, -0.2) is 26.4 Å².